The third-order valence-electron chi connectivity index (χ3n) is 5.10. The van der Waals surface area contributed by atoms with E-state index >= 15 is 0 Å². The van der Waals surface area contributed by atoms with Gasteiger partial charge in [-0.15, -0.1) is 0 Å². The summed E-state index contributed by atoms with van der Waals surface area (Å²) in [6, 6.07) is 2.39. The van der Waals surface area contributed by atoms with Gasteiger partial charge in [-0.25, -0.2) is 4.79 Å². The van der Waals surface area contributed by atoms with E-state index in [4.69, 9.17) is 4.74 Å². The molecule has 5 nitrogen and oxygen atoms in total. The lowest BCUT2D eigenvalue weighted by atomic mass is 9.97. The molecule has 0 radical (unpaired) electrons. The number of carbonyl (C=O) groups excluding carboxylic acids is 2. The molecule has 0 aliphatic heterocycles. The zero-order valence-electron chi connectivity index (χ0n) is 15.3. The van der Waals surface area contributed by atoms with Crippen molar-refractivity contribution in [2.75, 3.05) is 13.2 Å². The lowest BCUT2D eigenvalue weighted by Crippen LogP contribution is -2.30. The number of allylic oxidation sites excluding steroid dienone is 1. The van der Waals surface area contributed by atoms with Crippen molar-refractivity contribution in [2.45, 2.75) is 64.8 Å². The fourth-order valence-corrected chi connectivity index (χ4v) is 3.63. The Balaban J connectivity index is 1.43. The lowest BCUT2D eigenvalue weighted by Gasteiger charge is -2.13. The van der Waals surface area contributed by atoms with E-state index in [9.17, 15) is 9.59 Å². The minimum absolute atomic E-state index is 0.217. The molecule has 0 aromatic carbocycles. The van der Waals surface area contributed by atoms with Gasteiger partial charge in [-0.05, 0) is 64.9 Å². The van der Waals surface area contributed by atoms with Crippen molar-refractivity contribution in [1.29, 1.82) is 0 Å². The number of nitrogens with zero attached hydrogens (tertiary/aromatic N) is 1. The van der Waals surface area contributed by atoms with Crippen LogP contribution >= 0.6 is 0 Å². The van der Waals surface area contributed by atoms with Crippen molar-refractivity contribution in [3.63, 3.8) is 0 Å². The monoisotopic (exact) mass is 344 g/mol. The van der Waals surface area contributed by atoms with Gasteiger partial charge in [-0.2, -0.15) is 0 Å². The van der Waals surface area contributed by atoms with Crippen molar-refractivity contribution in [3.05, 3.63) is 34.7 Å². The average molecular weight is 344 g/mol. The Hall–Kier alpha value is -2.04. The summed E-state index contributed by atoms with van der Waals surface area (Å²) in [5.74, 6) is -0.647. The number of aryl methyl sites for hydroxylation is 1. The minimum Gasteiger partial charge on any atom is -0.452 e. The number of ether oxygens (including phenoxy) is 1. The van der Waals surface area contributed by atoms with Gasteiger partial charge in [0, 0.05) is 24.0 Å². The molecule has 1 aromatic heterocycles. The molecule has 0 spiro atoms. The Morgan fingerprint density at radius 1 is 1.28 bits per heavy atom. The van der Waals surface area contributed by atoms with E-state index < -0.39 is 5.97 Å². The molecule has 0 atom stereocenters. The van der Waals surface area contributed by atoms with Gasteiger partial charge in [0.1, 0.15) is 0 Å². The molecule has 1 aromatic rings. The molecule has 2 aliphatic carbocycles. The van der Waals surface area contributed by atoms with Gasteiger partial charge in [-0.3, -0.25) is 4.79 Å². The van der Waals surface area contributed by atoms with Gasteiger partial charge in [0.25, 0.3) is 5.91 Å². The number of carbonyl (C=O) groups is 2. The van der Waals surface area contributed by atoms with Gasteiger partial charge < -0.3 is 14.6 Å². The Bertz CT molecular complexity index is 683. The molecular weight excluding hydrogens is 316 g/mol. The second-order valence-electron chi connectivity index (χ2n) is 7.17. The van der Waals surface area contributed by atoms with Gasteiger partial charge >= 0.3 is 5.97 Å². The standard InChI is InChI=1S/C20H28N2O3/c1-14-12-18(15(2)22(14)17-8-9-17)20(24)25-13-19(23)21-11-10-16-6-4-3-5-7-16/h6,12,17H,3-5,7-11,13H2,1-2H3,(H,21,23). The Kier molecular flexibility index (Phi) is 5.61. The summed E-state index contributed by atoms with van der Waals surface area (Å²) in [4.78, 5) is 24.2. The van der Waals surface area contributed by atoms with E-state index in [1.54, 1.807) is 0 Å². The van der Waals surface area contributed by atoms with Crippen LogP contribution in [0.5, 0.6) is 0 Å². The molecule has 1 amide bonds. The maximum Gasteiger partial charge on any atom is 0.340 e. The fraction of sp³-hybridized carbons (Fsp3) is 0.600. The van der Waals surface area contributed by atoms with Crippen LogP contribution in [0.2, 0.25) is 0 Å². The van der Waals surface area contributed by atoms with Crippen LogP contribution in [0.15, 0.2) is 17.7 Å². The van der Waals surface area contributed by atoms with Crippen LogP contribution in [0.4, 0.5) is 0 Å². The third-order valence-corrected chi connectivity index (χ3v) is 5.10. The second kappa shape index (κ2) is 7.89. The molecule has 1 N–H and O–H groups in total. The first-order valence-electron chi connectivity index (χ1n) is 9.36. The SMILES string of the molecule is Cc1cc(C(=O)OCC(=O)NCCC2=CCCCC2)c(C)n1C1CC1. The predicted molar refractivity (Wildman–Crippen MR) is 96.6 cm³/mol. The molecule has 1 heterocycles. The van der Waals surface area contributed by atoms with E-state index in [0.29, 0.717) is 18.2 Å². The van der Waals surface area contributed by atoms with Gasteiger partial charge in [0.05, 0.1) is 5.56 Å². The van der Waals surface area contributed by atoms with Crippen LogP contribution in [-0.2, 0) is 9.53 Å². The van der Waals surface area contributed by atoms with E-state index in [-0.39, 0.29) is 12.5 Å². The van der Waals surface area contributed by atoms with Gasteiger partial charge in [-0.1, -0.05) is 11.6 Å². The van der Waals surface area contributed by atoms with Crippen LogP contribution in [0.1, 0.15) is 72.7 Å². The van der Waals surface area contributed by atoms with E-state index in [2.05, 4.69) is 16.0 Å². The first-order valence-corrected chi connectivity index (χ1v) is 9.36. The molecule has 2 aliphatic rings. The topological polar surface area (TPSA) is 60.3 Å². The quantitative estimate of drug-likeness (QED) is 0.607. The molecular formula is C20H28N2O3. The van der Waals surface area contributed by atoms with Crippen molar-refractivity contribution in [1.82, 2.24) is 9.88 Å². The van der Waals surface area contributed by atoms with Crippen molar-refractivity contribution in [2.24, 2.45) is 0 Å². The fourth-order valence-electron chi connectivity index (χ4n) is 3.63. The normalized spacial score (nSPS) is 17.1. The highest BCUT2D eigenvalue weighted by Gasteiger charge is 2.28. The number of aromatic nitrogens is 1. The molecule has 0 saturated heterocycles. The van der Waals surface area contributed by atoms with E-state index in [1.807, 2.05) is 19.9 Å². The largest absolute Gasteiger partial charge is 0.452 e. The van der Waals surface area contributed by atoms with E-state index in [0.717, 1.165) is 30.7 Å². The van der Waals surface area contributed by atoms with Crippen LogP contribution < -0.4 is 5.32 Å². The highest BCUT2D eigenvalue weighted by Crippen LogP contribution is 2.38. The number of nitrogens with one attached hydrogen (secondary N) is 1. The Labute approximate surface area is 149 Å². The summed E-state index contributed by atoms with van der Waals surface area (Å²) in [7, 11) is 0. The highest BCUT2D eigenvalue weighted by atomic mass is 16.5. The zero-order chi connectivity index (χ0) is 17.8. The third kappa shape index (κ3) is 4.53. The summed E-state index contributed by atoms with van der Waals surface area (Å²) < 4.78 is 7.41. The number of amides is 1. The number of esters is 1. The molecule has 136 valence electrons. The zero-order valence-corrected chi connectivity index (χ0v) is 15.3. The Morgan fingerprint density at radius 2 is 2.08 bits per heavy atom. The first kappa shape index (κ1) is 17.8. The maximum absolute atomic E-state index is 12.3. The molecule has 0 unspecified atom stereocenters. The van der Waals surface area contributed by atoms with Gasteiger partial charge in [0.2, 0.25) is 0 Å². The average Bonchev–Trinajstić information content (AvgIpc) is 3.39. The van der Waals surface area contributed by atoms with Crippen LogP contribution in [-0.4, -0.2) is 29.6 Å². The summed E-state index contributed by atoms with van der Waals surface area (Å²) in [6.07, 6.45) is 10.3. The van der Waals surface area contributed by atoms with Crippen LogP contribution in [0.25, 0.3) is 0 Å². The van der Waals surface area contributed by atoms with Crippen LogP contribution in [0, 0.1) is 13.8 Å². The molecule has 1 saturated carbocycles. The van der Waals surface area contributed by atoms with E-state index in [1.165, 1.54) is 31.3 Å². The summed E-state index contributed by atoms with van der Waals surface area (Å²) in [5.41, 5.74) is 4.02. The first-order chi connectivity index (χ1) is 12.1. The van der Waals surface area contributed by atoms with Crippen molar-refractivity contribution in [3.8, 4) is 0 Å². The minimum atomic E-state index is -0.412. The van der Waals surface area contributed by atoms with Gasteiger partial charge in [0.15, 0.2) is 6.61 Å². The molecule has 1 fully saturated rings. The highest BCUT2D eigenvalue weighted by molar-refractivity contribution is 5.92. The van der Waals surface area contributed by atoms with Crippen molar-refractivity contribution >= 4 is 11.9 Å². The number of hydrogen-bond acceptors (Lipinski definition) is 3. The molecule has 25 heavy (non-hydrogen) atoms. The number of rotatable bonds is 7. The molecule has 3 rings (SSSR count). The number of hydrogen-bond donors (Lipinski definition) is 1. The summed E-state index contributed by atoms with van der Waals surface area (Å²) in [6.45, 7) is 4.35. The predicted octanol–water partition coefficient (Wildman–Crippen LogP) is 3.60. The summed E-state index contributed by atoms with van der Waals surface area (Å²) in [5, 5.41) is 2.83. The summed E-state index contributed by atoms with van der Waals surface area (Å²) >= 11 is 0. The smallest absolute Gasteiger partial charge is 0.340 e. The van der Waals surface area contributed by atoms with Crippen molar-refractivity contribution < 1.29 is 14.3 Å². The lowest BCUT2D eigenvalue weighted by molar-refractivity contribution is -0.124. The molecule has 0 bridgehead atoms. The maximum atomic E-state index is 12.3. The molecule has 5 heteroatoms. The Morgan fingerprint density at radius 3 is 2.76 bits per heavy atom. The van der Waals surface area contributed by atoms with Crippen LogP contribution in [0.3, 0.4) is 0 Å². The second-order valence-corrected chi connectivity index (χ2v) is 7.17.